The monoisotopic (exact) mass is 386 g/mol. The summed E-state index contributed by atoms with van der Waals surface area (Å²) in [7, 11) is 0.152. The highest BCUT2D eigenvalue weighted by molar-refractivity contribution is 7.65. The van der Waals surface area contributed by atoms with Gasteiger partial charge in [-0.05, 0) is 42.8 Å². The number of aromatic nitrogens is 2. The van der Waals surface area contributed by atoms with Crippen LogP contribution in [-0.2, 0) is 16.1 Å². The van der Waals surface area contributed by atoms with E-state index < -0.39 is 11.8 Å². The molecule has 0 unspecified atom stereocenters. The predicted molar refractivity (Wildman–Crippen MR) is 101 cm³/mol. The first-order valence-corrected chi connectivity index (χ1v) is 10.9. The van der Waals surface area contributed by atoms with Crippen LogP contribution in [-0.4, -0.2) is 69.9 Å². The summed E-state index contributed by atoms with van der Waals surface area (Å²) in [6.07, 6.45) is 3.66. The first kappa shape index (κ1) is 18.0. The largest absolute Gasteiger partial charge is 0.332 e. The molecule has 2 aliphatic heterocycles. The topological polar surface area (TPSA) is 66.4 Å². The van der Waals surface area contributed by atoms with Gasteiger partial charge in [-0.15, -0.1) is 7.92 Å². The van der Waals surface area contributed by atoms with Crippen molar-refractivity contribution in [2.24, 2.45) is 0 Å². The molecule has 3 heterocycles. The van der Waals surface area contributed by atoms with E-state index in [0.717, 1.165) is 6.16 Å². The van der Waals surface area contributed by atoms with E-state index in [0.29, 0.717) is 36.6 Å². The minimum absolute atomic E-state index is 0.152. The fourth-order valence-corrected chi connectivity index (χ4v) is 4.63. The van der Waals surface area contributed by atoms with Gasteiger partial charge in [0.15, 0.2) is 0 Å². The Morgan fingerprint density at radius 3 is 2.41 bits per heavy atom. The molecule has 1 aromatic heterocycles. The Labute approximate surface area is 158 Å². The van der Waals surface area contributed by atoms with Crippen molar-refractivity contribution in [3.63, 3.8) is 0 Å². The average Bonchev–Trinajstić information content (AvgIpc) is 3.50. The molecule has 0 spiro atoms. The van der Waals surface area contributed by atoms with Crippen LogP contribution in [0, 0.1) is 5.82 Å². The molecule has 1 aromatic carbocycles. The third-order valence-electron chi connectivity index (χ3n) is 4.85. The van der Waals surface area contributed by atoms with Gasteiger partial charge in [-0.25, -0.2) is 4.39 Å². The third-order valence-corrected chi connectivity index (χ3v) is 6.76. The summed E-state index contributed by atoms with van der Waals surface area (Å²) in [5.41, 5.74) is 1.39. The molecule has 2 amide bonds. The van der Waals surface area contributed by atoms with E-state index in [2.05, 4.69) is 10.2 Å². The maximum absolute atomic E-state index is 13.8. The highest BCUT2D eigenvalue weighted by atomic mass is 31.1. The van der Waals surface area contributed by atoms with Crippen molar-refractivity contribution in [1.82, 2.24) is 20.0 Å². The van der Waals surface area contributed by atoms with Crippen LogP contribution in [0.5, 0.6) is 0 Å². The number of piperazine rings is 1. The Balaban J connectivity index is 1.38. The molecule has 2 fully saturated rings. The Morgan fingerprint density at radius 1 is 0.963 bits per heavy atom. The van der Waals surface area contributed by atoms with Crippen LogP contribution in [0.2, 0.25) is 0 Å². The lowest BCUT2D eigenvalue weighted by Crippen LogP contribution is -2.54. The highest BCUT2D eigenvalue weighted by Crippen LogP contribution is 2.49. The Hall–Kier alpha value is -2.40. The van der Waals surface area contributed by atoms with Crippen LogP contribution < -0.4 is 0 Å². The van der Waals surface area contributed by atoms with Crippen molar-refractivity contribution in [2.45, 2.75) is 6.54 Å². The van der Waals surface area contributed by atoms with E-state index in [4.69, 9.17) is 0 Å². The fourth-order valence-electron chi connectivity index (χ4n) is 3.09. The van der Waals surface area contributed by atoms with Crippen LogP contribution >= 0.6 is 7.92 Å². The number of nitrogens with zero attached hydrogens (tertiary/aromatic N) is 4. The lowest BCUT2D eigenvalue weighted by molar-refractivity contribution is -0.156. The lowest BCUT2D eigenvalue weighted by Gasteiger charge is -2.33. The standard InChI is InChI=1S/C19H20FN4O2P/c20-16-4-2-1-3-15(16)17-6-5-14(21-22-17)13-24-8-7-23(18(25)19(24)26)9-10-27-11-12-27/h1-6H,7-13H2. The third kappa shape index (κ3) is 4.14. The van der Waals surface area contributed by atoms with E-state index in [9.17, 15) is 14.0 Å². The molecule has 140 valence electrons. The minimum atomic E-state index is -0.482. The highest BCUT2D eigenvalue weighted by Gasteiger charge is 2.33. The van der Waals surface area contributed by atoms with E-state index in [1.54, 1.807) is 35.2 Å². The van der Waals surface area contributed by atoms with E-state index in [1.807, 2.05) is 0 Å². The fraction of sp³-hybridized carbons (Fsp3) is 0.368. The predicted octanol–water partition coefficient (Wildman–Crippen LogP) is 1.95. The SMILES string of the molecule is O=C1C(=O)N(Cc2ccc(-c3ccccc3F)nn2)CCN1CCP1CC1. The summed E-state index contributed by atoms with van der Waals surface area (Å²) in [5, 5.41) is 8.17. The van der Waals surface area contributed by atoms with Gasteiger partial charge in [0.05, 0.1) is 17.9 Å². The Kier molecular flexibility index (Phi) is 5.12. The molecule has 0 N–H and O–H groups in total. The number of rotatable bonds is 6. The molecule has 8 heteroatoms. The summed E-state index contributed by atoms with van der Waals surface area (Å²) in [5.74, 6) is -1.26. The number of hydrogen-bond donors (Lipinski definition) is 0. The number of benzene rings is 1. The quantitative estimate of drug-likeness (QED) is 0.562. The van der Waals surface area contributed by atoms with Gasteiger partial charge in [-0.3, -0.25) is 9.59 Å². The molecule has 2 aromatic rings. The number of amides is 2. The number of carbonyl (C=O) groups is 2. The first-order chi connectivity index (χ1) is 13.1. The molecule has 0 radical (unpaired) electrons. The second-order valence-corrected chi connectivity index (χ2v) is 9.43. The van der Waals surface area contributed by atoms with Crippen LogP contribution in [0.3, 0.4) is 0 Å². The molecule has 6 nitrogen and oxygen atoms in total. The second kappa shape index (κ2) is 7.69. The van der Waals surface area contributed by atoms with Crippen LogP contribution in [0.1, 0.15) is 5.69 Å². The zero-order chi connectivity index (χ0) is 18.8. The molecule has 0 aliphatic carbocycles. The van der Waals surface area contributed by atoms with Crippen LogP contribution in [0.4, 0.5) is 4.39 Å². The van der Waals surface area contributed by atoms with Crippen molar-refractivity contribution in [2.75, 3.05) is 38.1 Å². The number of hydrogen-bond acceptors (Lipinski definition) is 4. The van der Waals surface area contributed by atoms with Gasteiger partial charge in [0.1, 0.15) is 5.82 Å². The maximum atomic E-state index is 13.8. The number of carbonyl (C=O) groups excluding carboxylic acids is 2. The zero-order valence-corrected chi connectivity index (χ0v) is 15.7. The van der Waals surface area contributed by atoms with Gasteiger partial charge in [0.2, 0.25) is 0 Å². The van der Waals surface area contributed by atoms with Crippen molar-refractivity contribution in [1.29, 1.82) is 0 Å². The summed E-state index contributed by atoms with van der Waals surface area (Å²) in [6, 6.07) is 9.77. The zero-order valence-electron chi connectivity index (χ0n) is 14.8. The maximum Gasteiger partial charge on any atom is 0.312 e. The molecule has 27 heavy (non-hydrogen) atoms. The smallest absolute Gasteiger partial charge is 0.312 e. The summed E-state index contributed by atoms with van der Waals surface area (Å²) in [4.78, 5) is 27.9. The lowest BCUT2D eigenvalue weighted by atomic mass is 10.1. The summed E-state index contributed by atoms with van der Waals surface area (Å²) >= 11 is 0. The van der Waals surface area contributed by atoms with Gasteiger partial charge in [0, 0.05) is 25.2 Å². The molecule has 0 atom stereocenters. The van der Waals surface area contributed by atoms with Crippen molar-refractivity contribution < 1.29 is 14.0 Å². The van der Waals surface area contributed by atoms with E-state index in [1.165, 1.54) is 23.3 Å². The molecule has 0 saturated carbocycles. The van der Waals surface area contributed by atoms with Gasteiger partial charge in [-0.1, -0.05) is 12.1 Å². The molecule has 0 bridgehead atoms. The number of halogens is 1. The minimum Gasteiger partial charge on any atom is -0.332 e. The van der Waals surface area contributed by atoms with Crippen molar-refractivity contribution >= 4 is 19.7 Å². The van der Waals surface area contributed by atoms with Gasteiger partial charge >= 0.3 is 11.8 Å². The normalized spacial score (nSPS) is 17.5. The molecule has 2 aliphatic rings. The van der Waals surface area contributed by atoms with Crippen molar-refractivity contribution in [3.8, 4) is 11.3 Å². The molecule has 4 rings (SSSR count). The van der Waals surface area contributed by atoms with Crippen LogP contribution in [0.25, 0.3) is 11.3 Å². The Morgan fingerprint density at radius 2 is 1.70 bits per heavy atom. The van der Waals surface area contributed by atoms with Crippen molar-refractivity contribution in [3.05, 3.63) is 47.9 Å². The van der Waals surface area contributed by atoms with E-state index >= 15 is 0 Å². The Bertz CT molecular complexity index is 857. The summed E-state index contributed by atoms with van der Waals surface area (Å²) in [6.45, 7) is 1.99. The summed E-state index contributed by atoms with van der Waals surface area (Å²) < 4.78 is 13.8. The van der Waals surface area contributed by atoms with Gasteiger partial charge in [0.25, 0.3) is 0 Å². The second-order valence-electron chi connectivity index (χ2n) is 6.75. The molecular formula is C19H20FN4O2P. The van der Waals surface area contributed by atoms with Gasteiger partial charge < -0.3 is 9.80 Å². The van der Waals surface area contributed by atoms with Gasteiger partial charge in [-0.2, -0.15) is 10.2 Å². The average molecular weight is 386 g/mol. The van der Waals surface area contributed by atoms with Crippen LogP contribution in [0.15, 0.2) is 36.4 Å². The molecular weight excluding hydrogens is 366 g/mol. The molecule has 2 saturated heterocycles. The van der Waals surface area contributed by atoms with E-state index in [-0.39, 0.29) is 20.3 Å². The first-order valence-electron chi connectivity index (χ1n) is 9.00.